The largest absolute Gasteiger partial charge is 0.497 e. The summed E-state index contributed by atoms with van der Waals surface area (Å²) in [6, 6.07) is 13.9. The maximum atomic E-state index is 5.97. The van der Waals surface area contributed by atoms with Crippen LogP contribution in [0.5, 0.6) is 5.75 Å². The van der Waals surface area contributed by atoms with Crippen molar-refractivity contribution in [3.63, 3.8) is 0 Å². The third-order valence-electron chi connectivity index (χ3n) is 3.42. The zero-order valence-corrected chi connectivity index (χ0v) is 14.1. The monoisotopic (exact) mass is 368 g/mol. The van der Waals surface area contributed by atoms with Crippen molar-refractivity contribution < 1.29 is 4.74 Å². The molecule has 2 aromatic carbocycles. The molecule has 0 aromatic heterocycles. The molecule has 2 rings (SSSR count). The normalized spacial score (nSPS) is 12.2. The molecule has 0 radical (unpaired) electrons. The highest BCUT2D eigenvalue weighted by Gasteiger charge is 2.13. The van der Waals surface area contributed by atoms with Gasteiger partial charge in [-0.25, -0.2) is 0 Å². The van der Waals surface area contributed by atoms with Gasteiger partial charge in [0.2, 0.25) is 0 Å². The molecule has 0 saturated carbocycles. The minimum Gasteiger partial charge on any atom is -0.497 e. The number of nitrogens with two attached hydrogens (primary N) is 1. The number of nitrogens with one attached hydrogen (secondary N) is 1. The number of benzene rings is 2. The Morgan fingerprint density at radius 1 is 1.24 bits per heavy atom. The molecule has 0 saturated heterocycles. The van der Waals surface area contributed by atoms with Gasteiger partial charge in [0.1, 0.15) is 5.75 Å². The highest BCUT2D eigenvalue weighted by atomic mass is 79.9. The van der Waals surface area contributed by atoms with Crippen molar-refractivity contribution in [2.24, 2.45) is 5.84 Å². The minimum absolute atomic E-state index is 0.0683. The van der Waals surface area contributed by atoms with Crippen LogP contribution in [-0.2, 0) is 6.42 Å². The molecule has 0 aliphatic carbocycles. The highest BCUT2D eigenvalue weighted by molar-refractivity contribution is 9.10. The van der Waals surface area contributed by atoms with Crippen LogP contribution in [0.1, 0.15) is 23.6 Å². The van der Waals surface area contributed by atoms with Crippen LogP contribution >= 0.6 is 27.5 Å². The van der Waals surface area contributed by atoms with E-state index in [0.717, 1.165) is 28.6 Å². The molecule has 3 N–H and O–H groups in total. The van der Waals surface area contributed by atoms with Crippen LogP contribution < -0.4 is 16.0 Å². The van der Waals surface area contributed by atoms with Crippen molar-refractivity contribution in [3.05, 3.63) is 63.1 Å². The molecule has 0 spiro atoms. The van der Waals surface area contributed by atoms with Crippen molar-refractivity contribution in [1.82, 2.24) is 5.43 Å². The average molecular weight is 370 g/mol. The molecule has 21 heavy (non-hydrogen) atoms. The molecule has 1 atom stereocenters. The molecule has 2 aromatic rings. The van der Waals surface area contributed by atoms with Crippen LogP contribution in [0.4, 0.5) is 0 Å². The van der Waals surface area contributed by atoms with E-state index in [0.29, 0.717) is 5.02 Å². The maximum absolute atomic E-state index is 5.97. The van der Waals surface area contributed by atoms with Crippen LogP contribution in [0, 0.1) is 0 Å². The first-order valence-corrected chi connectivity index (χ1v) is 7.85. The Balaban J connectivity index is 2.04. The van der Waals surface area contributed by atoms with Crippen LogP contribution in [-0.4, -0.2) is 7.11 Å². The third kappa shape index (κ3) is 4.45. The van der Waals surface area contributed by atoms with Gasteiger partial charge >= 0.3 is 0 Å². The van der Waals surface area contributed by atoms with E-state index < -0.39 is 0 Å². The number of methoxy groups -OCH3 is 1. The summed E-state index contributed by atoms with van der Waals surface area (Å²) in [5, 5.41) is 0.705. The Kier molecular flexibility index (Phi) is 6.06. The Morgan fingerprint density at radius 2 is 1.95 bits per heavy atom. The van der Waals surface area contributed by atoms with E-state index >= 15 is 0 Å². The maximum Gasteiger partial charge on any atom is 0.118 e. The summed E-state index contributed by atoms with van der Waals surface area (Å²) in [4.78, 5) is 0. The Hall–Kier alpha value is -1.07. The lowest BCUT2D eigenvalue weighted by Gasteiger charge is -2.18. The molecule has 0 bridgehead atoms. The van der Waals surface area contributed by atoms with Crippen molar-refractivity contribution in [3.8, 4) is 5.75 Å². The van der Waals surface area contributed by atoms with Gasteiger partial charge in [0.15, 0.2) is 0 Å². The molecular formula is C16H18BrClN2O. The van der Waals surface area contributed by atoms with E-state index in [9.17, 15) is 0 Å². The van der Waals surface area contributed by atoms with Crippen molar-refractivity contribution in [2.75, 3.05) is 7.11 Å². The van der Waals surface area contributed by atoms with E-state index in [-0.39, 0.29) is 6.04 Å². The molecule has 0 aliphatic rings. The predicted octanol–water partition coefficient (Wildman–Crippen LogP) is 4.25. The van der Waals surface area contributed by atoms with E-state index in [2.05, 4.69) is 33.5 Å². The number of hydrogen-bond acceptors (Lipinski definition) is 3. The Labute approximate surface area is 138 Å². The summed E-state index contributed by atoms with van der Waals surface area (Å²) >= 11 is 9.51. The van der Waals surface area contributed by atoms with Crippen LogP contribution in [0.3, 0.4) is 0 Å². The van der Waals surface area contributed by atoms with Gasteiger partial charge in [-0.2, -0.15) is 0 Å². The van der Waals surface area contributed by atoms with Gasteiger partial charge in [0.05, 0.1) is 7.11 Å². The first-order valence-electron chi connectivity index (χ1n) is 6.68. The highest BCUT2D eigenvalue weighted by Crippen LogP contribution is 2.29. The Bertz CT molecular complexity index is 589. The van der Waals surface area contributed by atoms with Gasteiger partial charge in [-0.15, -0.1) is 0 Å². The van der Waals surface area contributed by atoms with Gasteiger partial charge in [-0.3, -0.25) is 11.3 Å². The van der Waals surface area contributed by atoms with E-state index in [1.54, 1.807) is 7.11 Å². The number of hydrogen-bond donors (Lipinski definition) is 2. The van der Waals surface area contributed by atoms with Crippen LogP contribution in [0.25, 0.3) is 0 Å². The van der Waals surface area contributed by atoms with Gasteiger partial charge < -0.3 is 4.74 Å². The molecule has 5 heteroatoms. The lowest BCUT2D eigenvalue weighted by atomic mass is 9.99. The summed E-state index contributed by atoms with van der Waals surface area (Å²) < 4.78 is 6.13. The summed E-state index contributed by atoms with van der Waals surface area (Å²) in [6.45, 7) is 0. The van der Waals surface area contributed by atoms with Crippen LogP contribution in [0.15, 0.2) is 46.9 Å². The number of rotatable bonds is 6. The number of ether oxygens (including phenoxy) is 1. The first-order chi connectivity index (χ1) is 10.1. The topological polar surface area (TPSA) is 47.3 Å². The quantitative estimate of drug-likeness (QED) is 0.591. The van der Waals surface area contributed by atoms with Crippen molar-refractivity contribution in [1.29, 1.82) is 0 Å². The molecular weight excluding hydrogens is 352 g/mol. The zero-order valence-electron chi connectivity index (χ0n) is 11.8. The van der Waals surface area contributed by atoms with E-state index in [1.807, 2.05) is 30.3 Å². The molecule has 0 amide bonds. The Morgan fingerprint density at radius 3 is 2.52 bits per heavy atom. The van der Waals surface area contributed by atoms with Gasteiger partial charge in [0.25, 0.3) is 0 Å². The van der Waals surface area contributed by atoms with E-state index in [1.165, 1.54) is 5.56 Å². The van der Waals surface area contributed by atoms with Gasteiger partial charge in [-0.1, -0.05) is 45.7 Å². The lowest BCUT2D eigenvalue weighted by Crippen LogP contribution is -2.28. The molecule has 112 valence electrons. The number of hydrazine groups is 1. The molecule has 0 heterocycles. The van der Waals surface area contributed by atoms with Crippen LogP contribution in [0.2, 0.25) is 5.02 Å². The number of halogens is 2. The second-order valence-electron chi connectivity index (χ2n) is 4.77. The fourth-order valence-corrected chi connectivity index (χ4v) is 3.17. The summed E-state index contributed by atoms with van der Waals surface area (Å²) in [5.74, 6) is 6.57. The van der Waals surface area contributed by atoms with Gasteiger partial charge in [-0.05, 0) is 48.2 Å². The summed E-state index contributed by atoms with van der Waals surface area (Å²) in [7, 11) is 1.67. The fraction of sp³-hybridized carbons (Fsp3) is 0.250. The zero-order chi connectivity index (χ0) is 15.2. The first kappa shape index (κ1) is 16.3. The van der Waals surface area contributed by atoms with Crippen molar-refractivity contribution in [2.45, 2.75) is 18.9 Å². The SMILES string of the molecule is COc1ccc(CCC(NN)c2ccc(Cl)cc2Br)cc1. The third-order valence-corrected chi connectivity index (χ3v) is 4.34. The lowest BCUT2D eigenvalue weighted by molar-refractivity contribution is 0.414. The molecule has 3 nitrogen and oxygen atoms in total. The van der Waals surface area contributed by atoms with Crippen molar-refractivity contribution >= 4 is 27.5 Å². The molecule has 0 aliphatic heterocycles. The summed E-state index contributed by atoms with van der Waals surface area (Å²) in [6.07, 6.45) is 1.82. The van der Waals surface area contributed by atoms with E-state index in [4.69, 9.17) is 22.2 Å². The minimum atomic E-state index is 0.0683. The second-order valence-corrected chi connectivity index (χ2v) is 6.06. The average Bonchev–Trinajstić information content (AvgIpc) is 2.50. The second kappa shape index (κ2) is 7.80. The fourth-order valence-electron chi connectivity index (χ4n) is 2.22. The summed E-state index contributed by atoms with van der Waals surface area (Å²) in [5.41, 5.74) is 5.23. The smallest absolute Gasteiger partial charge is 0.118 e. The standard InChI is InChI=1S/C16H18BrClN2O/c1-21-13-6-2-11(3-7-13)4-9-16(20-19)14-8-5-12(18)10-15(14)17/h2-3,5-8,10,16,20H,4,9,19H2,1H3. The van der Waals surface area contributed by atoms with Gasteiger partial charge in [0, 0.05) is 15.5 Å². The molecule has 0 fully saturated rings. The number of aryl methyl sites for hydroxylation is 1. The predicted molar refractivity (Wildman–Crippen MR) is 90.5 cm³/mol. The molecule has 1 unspecified atom stereocenters.